The van der Waals surface area contributed by atoms with E-state index in [-0.39, 0.29) is 121 Å². The third-order valence-electron chi connectivity index (χ3n) is 9.36. The van der Waals surface area contributed by atoms with Crippen molar-refractivity contribution < 1.29 is 52.6 Å². The van der Waals surface area contributed by atoms with Crippen LogP contribution >= 0.6 is 63.7 Å². The fraction of sp³-hybridized carbons (Fsp3) is 0.780. The number of nitrogens with zero attached hydrogens (tertiary/aromatic N) is 1. The molecule has 2 atom stereocenters. The predicted molar refractivity (Wildman–Crippen MR) is 261 cm³/mol. The standard InChI is InChI=1S/C41H71Br4N9O11/c1-2-64-25-26-65-41(63)54(23-21-48-33(55)15-5-3-9-19-50-39(61)31(52-37(59)29-44)13-7-11-17-46-35(57)27-42)24-22-49-34(56)16-6-4-10-20-51-40(62)32(53-38(60)30-45)14-8-12-18-47-36(58)28-43/h31-32H,2-30H2,1H3,(H,46,57)(H,47,58)(H,48,55)(H,49,56)(H,50,61)(H,51,62)(H,52,59)(H,53,60). The third kappa shape index (κ3) is 35.7. The lowest BCUT2D eigenvalue weighted by Gasteiger charge is -2.22. The number of unbranched alkanes of at least 4 members (excludes halogenated alkanes) is 6. The van der Waals surface area contributed by atoms with Crippen LogP contribution in [-0.4, -0.2) is 164 Å². The molecule has 20 nitrogen and oxygen atoms in total. The average molecular weight is 1190 g/mol. The van der Waals surface area contributed by atoms with Crippen LogP contribution in [0.25, 0.3) is 0 Å². The number of amides is 9. The molecule has 0 aliphatic carbocycles. The molecule has 0 aliphatic rings. The SMILES string of the molecule is CCOCCOC(=O)N(CCNC(=O)CCCCCNC(=O)C(CCCCNC(=O)CBr)NC(=O)CBr)CCNC(=O)CCCCCNC(=O)C(CCCCNC(=O)CBr)NC(=O)CBr. The van der Waals surface area contributed by atoms with Gasteiger partial charge in [0.25, 0.3) is 0 Å². The van der Waals surface area contributed by atoms with E-state index in [1.54, 1.807) is 0 Å². The number of ether oxygens (including phenoxy) is 2. The highest BCUT2D eigenvalue weighted by Crippen LogP contribution is 2.06. The van der Waals surface area contributed by atoms with Crippen LogP contribution < -0.4 is 42.5 Å². The number of hydrogen-bond acceptors (Lipinski definition) is 11. The molecule has 0 saturated heterocycles. The van der Waals surface area contributed by atoms with Crippen molar-refractivity contribution in [3.8, 4) is 0 Å². The first-order valence-electron chi connectivity index (χ1n) is 22.3. The van der Waals surface area contributed by atoms with Crippen LogP contribution in [-0.2, 0) is 47.8 Å². The number of carbonyl (C=O) groups is 9. The van der Waals surface area contributed by atoms with Crippen molar-refractivity contribution >= 4 is 117 Å². The molecule has 0 rings (SSSR count). The van der Waals surface area contributed by atoms with E-state index in [0.717, 1.165) is 0 Å². The van der Waals surface area contributed by atoms with Gasteiger partial charge in [0.1, 0.15) is 18.7 Å². The number of alkyl halides is 4. The molecule has 65 heavy (non-hydrogen) atoms. The van der Waals surface area contributed by atoms with Crippen LogP contribution in [0.1, 0.15) is 96.8 Å². The quantitative estimate of drug-likeness (QED) is 0.0326. The summed E-state index contributed by atoms with van der Waals surface area (Å²) in [7, 11) is 0. The zero-order chi connectivity index (χ0) is 48.5. The van der Waals surface area contributed by atoms with Gasteiger partial charge in [-0.15, -0.1) is 0 Å². The third-order valence-corrected chi connectivity index (χ3v) is 11.4. The fourth-order valence-electron chi connectivity index (χ4n) is 5.90. The van der Waals surface area contributed by atoms with Crippen molar-refractivity contribution in [2.75, 3.05) is 93.5 Å². The second-order valence-corrected chi connectivity index (χ2v) is 16.9. The van der Waals surface area contributed by atoms with Crippen molar-refractivity contribution in [2.45, 2.75) is 109 Å². The smallest absolute Gasteiger partial charge is 0.409 e. The molecule has 0 radical (unpaired) electrons. The van der Waals surface area contributed by atoms with Crippen LogP contribution in [0.15, 0.2) is 0 Å². The summed E-state index contributed by atoms with van der Waals surface area (Å²) in [5, 5.41) is 22.8. The molecule has 24 heteroatoms. The lowest BCUT2D eigenvalue weighted by molar-refractivity contribution is -0.128. The molecule has 0 spiro atoms. The molecule has 9 amide bonds. The summed E-state index contributed by atoms with van der Waals surface area (Å²) in [6.45, 7) is 4.96. The zero-order valence-electron chi connectivity index (χ0n) is 37.6. The highest BCUT2D eigenvalue weighted by Gasteiger charge is 2.21. The maximum Gasteiger partial charge on any atom is 0.409 e. The average Bonchev–Trinajstić information content (AvgIpc) is 3.30. The Kier molecular flexibility index (Phi) is 40.3. The summed E-state index contributed by atoms with van der Waals surface area (Å²) in [6.07, 6.45) is 7.10. The van der Waals surface area contributed by atoms with Gasteiger partial charge < -0.3 is 56.9 Å². The fourth-order valence-corrected chi connectivity index (χ4v) is 6.62. The number of hydrogen-bond donors (Lipinski definition) is 8. The van der Waals surface area contributed by atoms with Crippen molar-refractivity contribution in [2.24, 2.45) is 0 Å². The highest BCUT2D eigenvalue weighted by molar-refractivity contribution is 9.10. The number of carbonyl (C=O) groups excluding carboxylic acids is 9. The summed E-state index contributed by atoms with van der Waals surface area (Å²) >= 11 is 12.4. The molecule has 0 aliphatic heterocycles. The van der Waals surface area contributed by atoms with Gasteiger partial charge in [0.15, 0.2) is 0 Å². The van der Waals surface area contributed by atoms with Gasteiger partial charge in [-0.05, 0) is 71.1 Å². The molecule has 0 fully saturated rings. The first-order chi connectivity index (χ1) is 31.3. The van der Waals surface area contributed by atoms with E-state index in [2.05, 4.69) is 106 Å². The topological polar surface area (TPSA) is 272 Å². The number of halogens is 4. The Bertz CT molecular complexity index is 1330. The van der Waals surface area contributed by atoms with E-state index in [4.69, 9.17) is 9.47 Å². The van der Waals surface area contributed by atoms with E-state index in [9.17, 15) is 43.2 Å². The van der Waals surface area contributed by atoms with Gasteiger partial charge in [0.05, 0.1) is 27.9 Å². The molecule has 0 aromatic carbocycles. The summed E-state index contributed by atoms with van der Waals surface area (Å²) in [5.41, 5.74) is 0. The second kappa shape index (κ2) is 42.3. The Hall–Kier alpha value is -3.09. The van der Waals surface area contributed by atoms with E-state index in [1.165, 1.54) is 4.90 Å². The molecule has 8 N–H and O–H groups in total. The molecule has 374 valence electrons. The summed E-state index contributed by atoms with van der Waals surface area (Å²) in [4.78, 5) is 112. The molecular formula is C41H71Br4N9O11. The van der Waals surface area contributed by atoms with Crippen molar-refractivity contribution in [3.05, 3.63) is 0 Å². The van der Waals surface area contributed by atoms with E-state index in [1.807, 2.05) is 6.92 Å². The highest BCUT2D eigenvalue weighted by atomic mass is 79.9. The van der Waals surface area contributed by atoms with Crippen molar-refractivity contribution in [3.63, 3.8) is 0 Å². The van der Waals surface area contributed by atoms with Gasteiger partial charge in [0, 0.05) is 71.8 Å². The van der Waals surface area contributed by atoms with Crippen LogP contribution in [0.2, 0.25) is 0 Å². The Morgan fingerprint density at radius 1 is 0.446 bits per heavy atom. The van der Waals surface area contributed by atoms with Crippen molar-refractivity contribution in [1.29, 1.82) is 0 Å². The van der Waals surface area contributed by atoms with E-state index < -0.39 is 18.2 Å². The summed E-state index contributed by atoms with van der Waals surface area (Å²) < 4.78 is 10.6. The maximum absolute atomic E-state index is 12.8. The minimum absolute atomic E-state index is 0.0541. The Morgan fingerprint density at radius 2 is 0.831 bits per heavy atom. The molecular weight excluding hydrogens is 1110 g/mol. The van der Waals surface area contributed by atoms with Crippen LogP contribution in [0.4, 0.5) is 4.79 Å². The summed E-state index contributed by atoms with van der Waals surface area (Å²) in [5.74, 6) is -1.81. The van der Waals surface area contributed by atoms with Gasteiger partial charge >= 0.3 is 6.09 Å². The first-order valence-corrected chi connectivity index (χ1v) is 26.7. The van der Waals surface area contributed by atoms with Gasteiger partial charge in [0.2, 0.25) is 47.3 Å². The van der Waals surface area contributed by atoms with Gasteiger partial charge in [-0.2, -0.15) is 0 Å². The lowest BCUT2D eigenvalue weighted by atomic mass is 10.1. The normalized spacial score (nSPS) is 11.6. The van der Waals surface area contributed by atoms with E-state index in [0.29, 0.717) is 110 Å². The predicted octanol–water partition coefficient (Wildman–Crippen LogP) is 2.17. The second-order valence-electron chi connectivity index (χ2n) is 14.7. The molecule has 0 aromatic rings. The zero-order valence-corrected chi connectivity index (χ0v) is 44.0. The summed E-state index contributed by atoms with van der Waals surface area (Å²) in [6, 6.07) is -1.39. The lowest BCUT2D eigenvalue weighted by Crippen LogP contribution is -2.47. The largest absolute Gasteiger partial charge is 0.447 e. The number of nitrogens with one attached hydrogen (secondary N) is 8. The molecule has 0 aromatic heterocycles. The minimum Gasteiger partial charge on any atom is -0.447 e. The molecule has 2 unspecified atom stereocenters. The Balaban J connectivity index is 4.61. The monoisotopic (exact) mass is 1180 g/mol. The molecule has 0 saturated carbocycles. The Labute approximate surface area is 417 Å². The van der Waals surface area contributed by atoms with Gasteiger partial charge in [-0.3, -0.25) is 38.4 Å². The minimum atomic E-state index is -0.697. The van der Waals surface area contributed by atoms with Crippen LogP contribution in [0.3, 0.4) is 0 Å². The number of rotatable bonds is 40. The molecule has 0 heterocycles. The van der Waals surface area contributed by atoms with Crippen LogP contribution in [0.5, 0.6) is 0 Å². The van der Waals surface area contributed by atoms with Gasteiger partial charge in [-0.1, -0.05) is 76.6 Å². The first kappa shape index (κ1) is 61.9. The van der Waals surface area contributed by atoms with Crippen molar-refractivity contribution in [1.82, 2.24) is 47.4 Å². The maximum atomic E-state index is 12.8. The Morgan fingerprint density at radius 3 is 1.23 bits per heavy atom. The van der Waals surface area contributed by atoms with Gasteiger partial charge in [-0.25, -0.2) is 4.79 Å². The van der Waals surface area contributed by atoms with Crippen LogP contribution in [0, 0.1) is 0 Å². The molecule has 0 bridgehead atoms. The van der Waals surface area contributed by atoms with E-state index >= 15 is 0 Å².